The molecule has 0 bridgehead atoms. The lowest BCUT2D eigenvalue weighted by Crippen LogP contribution is -2.42. The van der Waals surface area contributed by atoms with Crippen molar-refractivity contribution in [3.8, 4) is 0 Å². The van der Waals surface area contributed by atoms with Gasteiger partial charge >= 0.3 is 0 Å². The molecule has 100 valence electrons. The summed E-state index contributed by atoms with van der Waals surface area (Å²) in [4.78, 5) is 0. The number of rotatable bonds is 5. The van der Waals surface area contributed by atoms with Crippen LogP contribution >= 0.6 is 0 Å². The van der Waals surface area contributed by atoms with E-state index in [9.17, 15) is 0 Å². The fourth-order valence-electron chi connectivity index (χ4n) is 3.52. The van der Waals surface area contributed by atoms with Gasteiger partial charge in [-0.3, -0.25) is 4.68 Å². The van der Waals surface area contributed by atoms with Crippen molar-refractivity contribution in [2.75, 3.05) is 0 Å². The Hall–Kier alpha value is -0.830. The van der Waals surface area contributed by atoms with Crippen LogP contribution in [0.25, 0.3) is 0 Å². The number of aromatic nitrogens is 2. The highest BCUT2D eigenvalue weighted by Crippen LogP contribution is 2.43. The van der Waals surface area contributed by atoms with Crippen molar-refractivity contribution in [2.45, 2.75) is 64.1 Å². The second kappa shape index (κ2) is 5.43. The molecule has 3 atom stereocenters. The molecule has 0 amide bonds. The van der Waals surface area contributed by atoms with Crippen LogP contribution in [0.3, 0.4) is 0 Å². The molecule has 2 saturated carbocycles. The molecular formula is C15H25N3. The normalized spacial score (nSPS) is 30.3. The van der Waals surface area contributed by atoms with Crippen LogP contribution < -0.4 is 5.32 Å². The van der Waals surface area contributed by atoms with Crippen LogP contribution in [-0.4, -0.2) is 21.9 Å². The van der Waals surface area contributed by atoms with Crippen LogP contribution in [0.4, 0.5) is 0 Å². The van der Waals surface area contributed by atoms with Gasteiger partial charge in [-0.05, 0) is 50.5 Å². The van der Waals surface area contributed by atoms with E-state index >= 15 is 0 Å². The number of hydrogen-bond acceptors (Lipinski definition) is 2. The minimum absolute atomic E-state index is 0.521. The predicted octanol–water partition coefficient (Wildman–Crippen LogP) is 2.83. The molecule has 3 unspecified atom stereocenters. The van der Waals surface area contributed by atoms with Crippen molar-refractivity contribution in [1.29, 1.82) is 0 Å². The molecule has 0 saturated heterocycles. The topological polar surface area (TPSA) is 29.9 Å². The van der Waals surface area contributed by atoms with E-state index < -0.39 is 0 Å². The van der Waals surface area contributed by atoms with E-state index in [1.807, 2.05) is 23.1 Å². The first-order valence-corrected chi connectivity index (χ1v) is 7.55. The van der Waals surface area contributed by atoms with Gasteiger partial charge in [0.05, 0.1) is 6.54 Å². The molecule has 1 aromatic rings. The first-order valence-electron chi connectivity index (χ1n) is 7.55. The zero-order valence-corrected chi connectivity index (χ0v) is 11.4. The van der Waals surface area contributed by atoms with Gasteiger partial charge in [0.2, 0.25) is 0 Å². The smallest absolute Gasteiger partial charge is 0.0560 e. The summed E-state index contributed by atoms with van der Waals surface area (Å²) in [6.07, 6.45) is 12.6. The van der Waals surface area contributed by atoms with Gasteiger partial charge in [-0.1, -0.05) is 12.8 Å². The van der Waals surface area contributed by atoms with E-state index in [0.717, 1.165) is 24.4 Å². The lowest BCUT2D eigenvalue weighted by Gasteiger charge is -2.32. The molecule has 1 aromatic heterocycles. The first kappa shape index (κ1) is 12.2. The predicted molar refractivity (Wildman–Crippen MR) is 73.3 cm³/mol. The quantitative estimate of drug-likeness (QED) is 0.867. The summed E-state index contributed by atoms with van der Waals surface area (Å²) >= 11 is 0. The van der Waals surface area contributed by atoms with E-state index in [0.29, 0.717) is 6.04 Å². The Morgan fingerprint density at radius 3 is 2.89 bits per heavy atom. The molecule has 3 rings (SSSR count). The minimum atomic E-state index is 0.521. The number of hydrogen-bond donors (Lipinski definition) is 1. The van der Waals surface area contributed by atoms with E-state index in [2.05, 4.69) is 17.3 Å². The molecule has 2 aliphatic rings. The number of nitrogens with one attached hydrogen (secondary N) is 1. The largest absolute Gasteiger partial charge is 0.310 e. The maximum absolute atomic E-state index is 4.28. The van der Waals surface area contributed by atoms with Gasteiger partial charge in [-0.15, -0.1) is 0 Å². The molecule has 0 aromatic carbocycles. The lowest BCUT2D eigenvalue weighted by atomic mass is 9.82. The Labute approximate surface area is 110 Å². The fraction of sp³-hybridized carbons (Fsp3) is 0.800. The van der Waals surface area contributed by atoms with Crippen molar-refractivity contribution in [1.82, 2.24) is 15.1 Å². The molecule has 2 fully saturated rings. The second-order valence-corrected chi connectivity index (χ2v) is 6.26. The molecule has 2 aliphatic carbocycles. The SMILES string of the molecule is CC(Cn1cccn1)NC1CCCC(C2CC2)C1. The lowest BCUT2D eigenvalue weighted by molar-refractivity contribution is 0.242. The van der Waals surface area contributed by atoms with Crippen LogP contribution in [0.2, 0.25) is 0 Å². The first-order chi connectivity index (χ1) is 8.81. The average Bonchev–Trinajstić information content (AvgIpc) is 3.09. The summed E-state index contributed by atoms with van der Waals surface area (Å²) in [5.41, 5.74) is 0. The van der Waals surface area contributed by atoms with Crippen LogP contribution in [0.5, 0.6) is 0 Å². The highest BCUT2D eigenvalue weighted by Gasteiger charge is 2.34. The van der Waals surface area contributed by atoms with Crippen LogP contribution in [0, 0.1) is 11.8 Å². The Morgan fingerprint density at radius 2 is 2.17 bits per heavy atom. The molecule has 3 heteroatoms. The van der Waals surface area contributed by atoms with Gasteiger partial charge in [0.1, 0.15) is 0 Å². The molecule has 0 aliphatic heterocycles. The molecule has 1 heterocycles. The van der Waals surface area contributed by atoms with Crippen LogP contribution in [-0.2, 0) is 6.54 Å². The highest BCUT2D eigenvalue weighted by molar-refractivity contribution is 4.88. The zero-order valence-electron chi connectivity index (χ0n) is 11.4. The molecule has 1 N–H and O–H groups in total. The maximum Gasteiger partial charge on any atom is 0.0560 e. The van der Waals surface area contributed by atoms with Crippen molar-refractivity contribution in [3.63, 3.8) is 0 Å². The summed E-state index contributed by atoms with van der Waals surface area (Å²) in [6.45, 7) is 3.26. The van der Waals surface area contributed by atoms with Gasteiger partial charge < -0.3 is 5.32 Å². The summed E-state index contributed by atoms with van der Waals surface area (Å²) in [5.74, 6) is 2.10. The Bertz CT molecular complexity index is 356. The molecule has 0 radical (unpaired) electrons. The summed E-state index contributed by atoms with van der Waals surface area (Å²) < 4.78 is 2.03. The van der Waals surface area contributed by atoms with Gasteiger partial charge in [-0.2, -0.15) is 5.10 Å². The maximum atomic E-state index is 4.28. The zero-order chi connectivity index (χ0) is 12.4. The van der Waals surface area contributed by atoms with Crippen molar-refractivity contribution in [2.24, 2.45) is 11.8 Å². The Balaban J connectivity index is 1.46. The fourth-order valence-corrected chi connectivity index (χ4v) is 3.52. The standard InChI is InChI=1S/C15H25N3/c1-12(11-18-9-3-8-16-18)17-15-5-2-4-14(10-15)13-6-7-13/h3,8-9,12-15,17H,2,4-7,10-11H2,1H3. The van der Waals surface area contributed by atoms with E-state index in [1.54, 1.807) is 0 Å². The van der Waals surface area contributed by atoms with Crippen molar-refractivity contribution in [3.05, 3.63) is 18.5 Å². The van der Waals surface area contributed by atoms with Crippen LogP contribution in [0.1, 0.15) is 45.4 Å². The van der Waals surface area contributed by atoms with E-state index in [4.69, 9.17) is 0 Å². The monoisotopic (exact) mass is 247 g/mol. The van der Waals surface area contributed by atoms with Crippen LogP contribution in [0.15, 0.2) is 18.5 Å². The Morgan fingerprint density at radius 1 is 1.28 bits per heavy atom. The van der Waals surface area contributed by atoms with E-state index in [-0.39, 0.29) is 0 Å². The third kappa shape index (κ3) is 3.14. The minimum Gasteiger partial charge on any atom is -0.310 e. The third-order valence-electron chi connectivity index (χ3n) is 4.54. The molecule has 18 heavy (non-hydrogen) atoms. The average molecular weight is 247 g/mol. The van der Waals surface area contributed by atoms with E-state index in [1.165, 1.54) is 38.5 Å². The van der Waals surface area contributed by atoms with Gasteiger partial charge in [-0.25, -0.2) is 0 Å². The molecule has 3 nitrogen and oxygen atoms in total. The summed E-state index contributed by atoms with van der Waals surface area (Å²) in [5, 5.41) is 8.09. The highest BCUT2D eigenvalue weighted by atomic mass is 15.3. The Kier molecular flexibility index (Phi) is 3.69. The molecular weight excluding hydrogens is 222 g/mol. The van der Waals surface area contributed by atoms with Gasteiger partial charge in [0, 0.05) is 24.5 Å². The second-order valence-electron chi connectivity index (χ2n) is 6.26. The summed E-state index contributed by atoms with van der Waals surface area (Å²) in [7, 11) is 0. The van der Waals surface area contributed by atoms with Gasteiger partial charge in [0.25, 0.3) is 0 Å². The van der Waals surface area contributed by atoms with Crippen molar-refractivity contribution < 1.29 is 0 Å². The molecule has 0 spiro atoms. The van der Waals surface area contributed by atoms with Gasteiger partial charge in [0.15, 0.2) is 0 Å². The van der Waals surface area contributed by atoms with Crippen molar-refractivity contribution >= 4 is 0 Å². The third-order valence-corrected chi connectivity index (χ3v) is 4.54. The number of nitrogens with zero attached hydrogens (tertiary/aromatic N) is 2. The summed E-state index contributed by atoms with van der Waals surface area (Å²) in [6, 6.07) is 3.26.